The van der Waals surface area contributed by atoms with Gasteiger partial charge in [0.2, 0.25) is 0 Å². The van der Waals surface area contributed by atoms with E-state index in [0.29, 0.717) is 0 Å². The van der Waals surface area contributed by atoms with Gasteiger partial charge in [0.05, 0.1) is 12.1 Å². The predicted molar refractivity (Wildman–Crippen MR) is 80.8 cm³/mol. The molecule has 96 valence electrons. The van der Waals surface area contributed by atoms with Crippen molar-refractivity contribution < 1.29 is 0 Å². The molecule has 0 heterocycles. The molecule has 1 heteroatoms. The van der Waals surface area contributed by atoms with Crippen molar-refractivity contribution in [2.24, 2.45) is 0 Å². The summed E-state index contributed by atoms with van der Waals surface area (Å²) in [6.07, 6.45) is 6.50. The summed E-state index contributed by atoms with van der Waals surface area (Å²) in [6, 6.07) is 21.1. The summed E-state index contributed by atoms with van der Waals surface area (Å²) in [7, 11) is 0. The number of terminal acetylenes is 1. The average Bonchev–Trinajstić information content (AvgIpc) is 2.50. The second-order valence-electron chi connectivity index (χ2n) is 4.55. The summed E-state index contributed by atoms with van der Waals surface area (Å²) in [4.78, 5) is 0. The zero-order valence-electron chi connectivity index (χ0n) is 11.2. The minimum Gasteiger partial charge on any atom is -0.293 e. The van der Waals surface area contributed by atoms with Crippen molar-refractivity contribution in [1.29, 1.82) is 0 Å². The van der Waals surface area contributed by atoms with E-state index < -0.39 is 0 Å². The summed E-state index contributed by atoms with van der Waals surface area (Å²) in [5.74, 6) is 2.81. The molecule has 0 spiro atoms. The van der Waals surface area contributed by atoms with Crippen LogP contribution in [0.2, 0.25) is 0 Å². The SMILES string of the molecule is C#CC(CC)NC(c1ccccc1)c1ccccc1. The largest absolute Gasteiger partial charge is 0.293 e. The van der Waals surface area contributed by atoms with Gasteiger partial charge < -0.3 is 0 Å². The molecule has 0 aromatic heterocycles. The lowest BCUT2D eigenvalue weighted by Gasteiger charge is -2.23. The van der Waals surface area contributed by atoms with Crippen LogP contribution in [-0.2, 0) is 0 Å². The van der Waals surface area contributed by atoms with Gasteiger partial charge in [0.15, 0.2) is 0 Å². The normalized spacial score (nSPS) is 12.1. The highest BCUT2D eigenvalue weighted by molar-refractivity contribution is 5.32. The third kappa shape index (κ3) is 3.47. The molecule has 0 amide bonds. The van der Waals surface area contributed by atoms with E-state index in [4.69, 9.17) is 6.42 Å². The molecule has 0 fully saturated rings. The zero-order chi connectivity index (χ0) is 13.5. The van der Waals surface area contributed by atoms with Crippen LogP contribution in [0.4, 0.5) is 0 Å². The first kappa shape index (κ1) is 13.4. The smallest absolute Gasteiger partial charge is 0.0691 e. The van der Waals surface area contributed by atoms with Crippen LogP contribution in [0, 0.1) is 12.3 Å². The summed E-state index contributed by atoms with van der Waals surface area (Å²) < 4.78 is 0. The van der Waals surface area contributed by atoms with Crippen molar-refractivity contribution in [1.82, 2.24) is 5.32 Å². The maximum absolute atomic E-state index is 5.58. The monoisotopic (exact) mass is 249 g/mol. The van der Waals surface area contributed by atoms with E-state index in [1.54, 1.807) is 0 Å². The van der Waals surface area contributed by atoms with Gasteiger partial charge in [-0.05, 0) is 17.5 Å². The number of benzene rings is 2. The molecule has 0 aliphatic rings. The molecule has 1 atom stereocenters. The first-order chi connectivity index (χ1) is 9.35. The Morgan fingerprint density at radius 3 is 1.79 bits per heavy atom. The lowest BCUT2D eigenvalue weighted by Crippen LogP contribution is -2.31. The van der Waals surface area contributed by atoms with E-state index in [0.717, 1.165) is 6.42 Å². The Morgan fingerprint density at radius 1 is 0.947 bits per heavy atom. The van der Waals surface area contributed by atoms with Gasteiger partial charge in [-0.2, -0.15) is 0 Å². The predicted octanol–water partition coefficient (Wildman–Crippen LogP) is 3.78. The number of hydrogen-bond donors (Lipinski definition) is 1. The Labute approximate surface area is 115 Å². The molecule has 0 saturated heterocycles. The van der Waals surface area contributed by atoms with Gasteiger partial charge in [-0.25, -0.2) is 0 Å². The molecule has 2 aromatic rings. The van der Waals surface area contributed by atoms with E-state index in [9.17, 15) is 0 Å². The van der Waals surface area contributed by atoms with Crippen LogP contribution in [0.25, 0.3) is 0 Å². The fourth-order valence-electron chi connectivity index (χ4n) is 2.16. The van der Waals surface area contributed by atoms with Crippen LogP contribution in [0.15, 0.2) is 60.7 Å². The Bertz CT molecular complexity index is 485. The number of nitrogens with one attached hydrogen (secondary N) is 1. The molecule has 1 N–H and O–H groups in total. The highest BCUT2D eigenvalue weighted by Gasteiger charge is 2.16. The van der Waals surface area contributed by atoms with E-state index in [1.165, 1.54) is 11.1 Å². The van der Waals surface area contributed by atoms with Crippen molar-refractivity contribution in [3.63, 3.8) is 0 Å². The molecular weight excluding hydrogens is 230 g/mol. The summed E-state index contributed by atoms with van der Waals surface area (Å²) in [5, 5.41) is 3.55. The Balaban J connectivity index is 2.32. The molecule has 0 aliphatic heterocycles. The fourth-order valence-corrected chi connectivity index (χ4v) is 2.16. The topological polar surface area (TPSA) is 12.0 Å². The van der Waals surface area contributed by atoms with Gasteiger partial charge in [-0.1, -0.05) is 73.5 Å². The fraction of sp³-hybridized carbons (Fsp3) is 0.222. The zero-order valence-corrected chi connectivity index (χ0v) is 11.2. The molecule has 2 rings (SSSR count). The van der Waals surface area contributed by atoms with E-state index >= 15 is 0 Å². The van der Waals surface area contributed by atoms with Gasteiger partial charge in [0.1, 0.15) is 0 Å². The van der Waals surface area contributed by atoms with Crippen molar-refractivity contribution in [2.75, 3.05) is 0 Å². The molecule has 0 saturated carbocycles. The summed E-state index contributed by atoms with van der Waals surface area (Å²) in [5.41, 5.74) is 2.48. The number of hydrogen-bond acceptors (Lipinski definition) is 1. The molecule has 19 heavy (non-hydrogen) atoms. The summed E-state index contributed by atoms with van der Waals surface area (Å²) in [6.45, 7) is 2.10. The second kappa shape index (κ2) is 6.78. The van der Waals surface area contributed by atoms with Crippen LogP contribution >= 0.6 is 0 Å². The Hall–Kier alpha value is -2.04. The third-order valence-corrected chi connectivity index (χ3v) is 3.24. The van der Waals surface area contributed by atoms with Gasteiger partial charge in [0, 0.05) is 0 Å². The van der Waals surface area contributed by atoms with Crippen LogP contribution in [0.1, 0.15) is 30.5 Å². The van der Waals surface area contributed by atoms with Gasteiger partial charge >= 0.3 is 0 Å². The highest BCUT2D eigenvalue weighted by atomic mass is 14.9. The summed E-state index contributed by atoms with van der Waals surface area (Å²) >= 11 is 0. The first-order valence-electron chi connectivity index (χ1n) is 6.67. The minimum atomic E-state index is 0.0883. The van der Waals surface area contributed by atoms with E-state index in [1.807, 2.05) is 12.1 Å². The molecule has 0 radical (unpaired) electrons. The van der Waals surface area contributed by atoms with Crippen molar-refractivity contribution in [2.45, 2.75) is 25.4 Å². The minimum absolute atomic E-state index is 0.0883. The highest BCUT2D eigenvalue weighted by Crippen LogP contribution is 2.22. The molecular formula is C18H19N. The van der Waals surface area contributed by atoms with E-state index in [-0.39, 0.29) is 12.1 Å². The lowest BCUT2D eigenvalue weighted by atomic mass is 9.97. The first-order valence-corrected chi connectivity index (χ1v) is 6.67. The molecule has 0 aliphatic carbocycles. The maximum Gasteiger partial charge on any atom is 0.0691 e. The van der Waals surface area contributed by atoms with Crippen LogP contribution in [0.5, 0.6) is 0 Å². The standard InChI is InChI=1S/C18H19N/c1-3-17(4-2)19-18(15-11-7-5-8-12-15)16-13-9-6-10-14-16/h1,5-14,17-19H,4H2,2H3. The van der Waals surface area contributed by atoms with Crippen LogP contribution < -0.4 is 5.32 Å². The van der Waals surface area contributed by atoms with Gasteiger partial charge in [-0.15, -0.1) is 6.42 Å². The number of rotatable bonds is 5. The quantitative estimate of drug-likeness (QED) is 0.795. The van der Waals surface area contributed by atoms with Crippen molar-refractivity contribution in [3.8, 4) is 12.3 Å². The van der Waals surface area contributed by atoms with Gasteiger partial charge in [-0.3, -0.25) is 5.32 Å². The van der Waals surface area contributed by atoms with Crippen molar-refractivity contribution >= 4 is 0 Å². The maximum atomic E-state index is 5.58. The molecule has 1 nitrogen and oxygen atoms in total. The molecule has 2 aromatic carbocycles. The van der Waals surface area contributed by atoms with Gasteiger partial charge in [0.25, 0.3) is 0 Å². The van der Waals surface area contributed by atoms with Crippen LogP contribution in [-0.4, -0.2) is 6.04 Å². The second-order valence-corrected chi connectivity index (χ2v) is 4.55. The molecule has 1 unspecified atom stereocenters. The van der Waals surface area contributed by atoms with Crippen molar-refractivity contribution in [3.05, 3.63) is 71.8 Å². The van der Waals surface area contributed by atoms with E-state index in [2.05, 4.69) is 66.7 Å². The Kier molecular flexibility index (Phi) is 4.78. The average molecular weight is 249 g/mol. The Morgan fingerprint density at radius 2 is 1.42 bits per heavy atom. The third-order valence-electron chi connectivity index (χ3n) is 3.24. The van der Waals surface area contributed by atoms with Crippen LogP contribution in [0.3, 0.4) is 0 Å². The molecule has 0 bridgehead atoms. The lowest BCUT2D eigenvalue weighted by molar-refractivity contribution is 0.534.